The molecule has 0 aromatic heterocycles. The second-order valence-corrected chi connectivity index (χ2v) is 8.08. The molecule has 0 aliphatic rings. The van der Waals surface area contributed by atoms with E-state index < -0.39 is 40.6 Å². The minimum atomic E-state index is -3.44. The van der Waals surface area contributed by atoms with Gasteiger partial charge in [-0.15, -0.1) is 0 Å². The molecule has 0 spiro atoms. The number of halogens is 3. The van der Waals surface area contributed by atoms with Gasteiger partial charge in [-0.2, -0.15) is 8.78 Å². The van der Waals surface area contributed by atoms with Crippen LogP contribution in [0, 0.1) is 0 Å². The van der Waals surface area contributed by atoms with Crippen molar-refractivity contribution in [1.82, 2.24) is 0 Å². The number of benzene rings is 3. The fourth-order valence-corrected chi connectivity index (χ4v) is 2.91. The zero-order valence-electron chi connectivity index (χ0n) is 21.4. The molecule has 0 unspecified atom stereocenters. The number of para-hydroxylation sites is 1. The molecule has 0 amide bonds. The fourth-order valence-electron chi connectivity index (χ4n) is 2.72. The van der Waals surface area contributed by atoms with Gasteiger partial charge in [0.2, 0.25) is 0 Å². The molecule has 0 radical (unpaired) electrons. The monoisotopic (exact) mass is 481 g/mol. The molecule has 0 aliphatic heterocycles. The summed E-state index contributed by atoms with van der Waals surface area (Å²) >= 11 is 2.14. The molecule has 0 bridgehead atoms. The molecule has 0 aliphatic carbocycles. The number of hydrogen-bond donors (Lipinski definition) is 0. The summed E-state index contributed by atoms with van der Waals surface area (Å²) in [6, 6.07) is 10.9. The van der Waals surface area contributed by atoms with Crippen LogP contribution in [0.3, 0.4) is 0 Å². The van der Waals surface area contributed by atoms with E-state index in [0.29, 0.717) is 12.4 Å². The molecular weight excluding hydrogens is 454 g/mol. The minimum absolute atomic E-state index is 0.0308. The Morgan fingerprint density at radius 1 is 0.933 bits per heavy atom. The molecule has 3 nitrogen and oxygen atoms in total. The zero-order chi connectivity index (χ0) is 26.0. The van der Waals surface area contributed by atoms with Crippen LogP contribution >= 0.6 is 15.9 Å². The van der Waals surface area contributed by atoms with Crippen molar-refractivity contribution in [2.75, 3.05) is 6.61 Å². The third-order valence-corrected chi connectivity index (χ3v) is 4.36. The lowest BCUT2D eigenvalue weighted by atomic mass is 9.85. The van der Waals surface area contributed by atoms with Gasteiger partial charge in [0, 0.05) is 21.3 Å². The van der Waals surface area contributed by atoms with Crippen molar-refractivity contribution in [2.24, 2.45) is 0 Å². The highest BCUT2D eigenvalue weighted by Crippen LogP contribution is 2.30. The molecule has 3 aromatic carbocycles. The Labute approximate surface area is 190 Å². The molecule has 6 heteroatoms. The summed E-state index contributed by atoms with van der Waals surface area (Å²) in [5.41, 5.74) is 1.21. The zero-order valence-corrected chi connectivity index (χ0v) is 18.0. The van der Waals surface area contributed by atoms with E-state index in [0.717, 1.165) is 11.1 Å². The largest absolute Gasteiger partial charge is 0.459 e. The summed E-state index contributed by atoms with van der Waals surface area (Å²) in [5, 5.41) is -3.44. The smallest absolute Gasteiger partial charge is 0.457 e. The Kier molecular flexibility index (Phi) is 5.20. The van der Waals surface area contributed by atoms with E-state index in [1.165, 1.54) is 12.1 Å². The summed E-state index contributed by atoms with van der Waals surface area (Å²) < 4.78 is 81.0. The Hall–Kier alpha value is -2.44. The van der Waals surface area contributed by atoms with Gasteiger partial charge in [-0.3, -0.25) is 0 Å². The summed E-state index contributed by atoms with van der Waals surface area (Å²) in [6.07, 6.45) is 0. The summed E-state index contributed by atoms with van der Waals surface area (Å²) in [6.45, 7) is 4.48. The van der Waals surface area contributed by atoms with Crippen molar-refractivity contribution < 1.29 is 29.8 Å². The van der Waals surface area contributed by atoms with Crippen LogP contribution in [0.1, 0.15) is 31.8 Å². The quantitative estimate of drug-likeness (QED) is 0.300. The van der Waals surface area contributed by atoms with Crippen LogP contribution in [0.5, 0.6) is 17.2 Å². The van der Waals surface area contributed by atoms with Crippen molar-refractivity contribution in [3.63, 3.8) is 0 Å². The first-order valence-electron chi connectivity index (χ1n) is 11.6. The van der Waals surface area contributed by atoms with Crippen molar-refractivity contribution >= 4 is 15.9 Å². The number of alkyl halides is 3. The van der Waals surface area contributed by atoms with Gasteiger partial charge < -0.3 is 14.2 Å². The molecule has 0 heterocycles. The first-order valence-corrected chi connectivity index (χ1v) is 9.85. The molecular formula is C24H23BrF2O3. The number of hydrogen-bond acceptors (Lipinski definition) is 3. The Morgan fingerprint density at radius 2 is 1.63 bits per heavy atom. The maximum absolute atomic E-state index is 12.9. The van der Waals surface area contributed by atoms with Gasteiger partial charge in [0.25, 0.3) is 0 Å². The minimum Gasteiger partial charge on any atom is -0.457 e. The Morgan fingerprint density at radius 3 is 2.30 bits per heavy atom. The van der Waals surface area contributed by atoms with Crippen molar-refractivity contribution in [1.29, 1.82) is 0 Å². The van der Waals surface area contributed by atoms with Gasteiger partial charge in [0.05, 0.1) is 20.1 Å². The number of rotatable bonds is 9. The maximum Gasteiger partial charge on any atom is 0.459 e. The molecule has 158 valence electrons. The van der Waals surface area contributed by atoms with Crippen LogP contribution in [0.4, 0.5) is 8.78 Å². The molecule has 30 heavy (non-hydrogen) atoms. The third-order valence-electron chi connectivity index (χ3n) is 4.20. The summed E-state index contributed by atoms with van der Waals surface area (Å²) in [4.78, 5) is 0. The average Bonchev–Trinajstić information content (AvgIpc) is 2.79. The lowest BCUT2D eigenvalue weighted by molar-refractivity contribution is -0.0803. The SMILES string of the molecule is [2H]c1c([2H])c([2H])c(Oc2cccc(COCC(C)(C)c3ccc(OC(F)(F)Br)cc3)c2)c([2H])c1[2H]. The topological polar surface area (TPSA) is 27.7 Å². The molecule has 0 saturated heterocycles. The van der Waals surface area contributed by atoms with Crippen molar-refractivity contribution in [3.8, 4) is 17.2 Å². The van der Waals surface area contributed by atoms with Gasteiger partial charge in [-0.05, 0) is 47.5 Å². The predicted octanol–water partition coefficient (Wildman–Crippen LogP) is 7.30. The Bertz CT molecular complexity index is 1170. The van der Waals surface area contributed by atoms with Crippen molar-refractivity contribution in [3.05, 3.63) is 89.9 Å². The fraction of sp³-hybridized carbons (Fsp3) is 0.250. The molecule has 3 aromatic rings. The molecule has 0 atom stereocenters. The van der Waals surface area contributed by atoms with Crippen LogP contribution in [0.15, 0.2) is 78.7 Å². The highest BCUT2D eigenvalue weighted by Gasteiger charge is 2.27. The molecule has 0 saturated carbocycles. The Balaban J connectivity index is 1.65. The molecule has 0 fully saturated rings. The van der Waals surface area contributed by atoms with E-state index in [1.807, 2.05) is 19.9 Å². The van der Waals surface area contributed by atoms with E-state index in [2.05, 4.69) is 20.7 Å². The molecule has 3 rings (SSSR count). The van der Waals surface area contributed by atoms with Crippen LogP contribution < -0.4 is 9.47 Å². The van der Waals surface area contributed by atoms with E-state index in [1.54, 1.807) is 30.3 Å². The lowest BCUT2D eigenvalue weighted by Gasteiger charge is -2.25. The average molecular weight is 482 g/mol. The highest BCUT2D eigenvalue weighted by atomic mass is 79.9. The summed E-state index contributed by atoms with van der Waals surface area (Å²) in [5.74, 6) is 0.0895. The maximum atomic E-state index is 12.9. The van der Waals surface area contributed by atoms with Crippen molar-refractivity contribution in [2.45, 2.75) is 30.9 Å². The van der Waals surface area contributed by atoms with Crippen LogP contribution in [0.25, 0.3) is 0 Å². The van der Waals surface area contributed by atoms with Crippen LogP contribution in [-0.4, -0.2) is 11.6 Å². The second kappa shape index (κ2) is 9.58. The van der Waals surface area contributed by atoms with Gasteiger partial charge in [-0.25, -0.2) is 0 Å². The highest BCUT2D eigenvalue weighted by molar-refractivity contribution is 9.09. The van der Waals surface area contributed by atoms with Crippen LogP contribution in [0.2, 0.25) is 0 Å². The predicted molar refractivity (Wildman–Crippen MR) is 117 cm³/mol. The normalized spacial score (nSPS) is 14.2. The van der Waals surface area contributed by atoms with E-state index in [-0.39, 0.29) is 18.1 Å². The first-order chi connectivity index (χ1) is 16.3. The lowest BCUT2D eigenvalue weighted by Crippen LogP contribution is -2.24. The van der Waals surface area contributed by atoms with E-state index in [9.17, 15) is 8.78 Å². The van der Waals surface area contributed by atoms with Crippen LogP contribution in [-0.2, 0) is 16.8 Å². The van der Waals surface area contributed by atoms with E-state index >= 15 is 0 Å². The number of ether oxygens (including phenoxy) is 3. The van der Waals surface area contributed by atoms with Gasteiger partial charge >= 0.3 is 5.02 Å². The molecule has 0 N–H and O–H groups in total. The van der Waals surface area contributed by atoms with Gasteiger partial charge in [0.15, 0.2) is 0 Å². The summed E-state index contributed by atoms with van der Waals surface area (Å²) in [7, 11) is 0. The van der Waals surface area contributed by atoms with Gasteiger partial charge in [-0.1, -0.05) is 56.2 Å². The van der Waals surface area contributed by atoms with E-state index in [4.69, 9.17) is 16.3 Å². The third kappa shape index (κ3) is 6.82. The first kappa shape index (κ1) is 16.3. The van der Waals surface area contributed by atoms with Gasteiger partial charge in [0.1, 0.15) is 17.2 Å². The standard InChI is InChI=1S/C24H23BrF2O3/c1-23(2,19-11-13-21(14-12-19)30-24(25,26)27)17-28-16-18-7-6-10-22(15-18)29-20-8-4-3-5-9-20/h3-15H,16-17H2,1-2H3/i3D,4D,5D,8D,9D. The second-order valence-electron chi connectivity index (χ2n) is 7.15.